The van der Waals surface area contributed by atoms with Crippen molar-refractivity contribution in [2.24, 2.45) is 0 Å². The minimum atomic E-state index is -0.838. The van der Waals surface area contributed by atoms with Gasteiger partial charge in [-0.3, -0.25) is 0 Å². The molecule has 0 radical (unpaired) electrons. The molecule has 1 rings (SSSR count). The molecule has 1 heterocycles. The van der Waals surface area contributed by atoms with E-state index in [0.29, 0.717) is 13.2 Å². The maximum Gasteiger partial charge on any atom is 0.119 e. The first-order valence-corrected chi connectivity index (χ1v) is 5.25. The van der Waals surface area contributed by atoms with Crippen LogP contribution in [0.4, 0.5) is 0 Å². The Balaban J connectivity index is 2.68. The van der Waals surface area contributed by atoms with E-state index in [4.69, 9.17) is 4.74 Å². The first-order valence-electron chi connectivity index (χ1n) is 4.43. The summed E-state index contributed by atoms with van der Waals surface area (Å²) < 4.78 is 5.22. The third-order valence-electron chi connectivity index (χ3n) is 1.86. The zero-order valence-corrected chi connectivity index (χ0v) is 9.15. The first-order chi connectivity index (χ1) is 6.06. The third kappa shape index (κ3) is 2.79. The van der Waals surface area contributed by atoms with Gasteiger partial charge in [0.2, 0.25) is 0 Å². The topological polar surface area (TPSA) is 29.5 Å². The van der Waals surface area contributed by atoms with Crippen molar-refractivity contribution in [1.82, 2.24) is 0 Å². The van der Waals surface area contributed by atoms with E-state index >= 15 is 0 Å². The van der Waals surface area contributed by atoms with Crippen LogP contribution < -0.4 is 0 Å². The molecule has 0 aromatic carbocycles. The van der Waals surface area contributed by atoms with Crippen LogP contribution in [-0.4, -0.2) is 18.3 Å². The molecule has 0 amide bonds. The molecule has 0 bridgehead atoms. The molecule has 0 aliphatic carbocycles. The van der Waals surface area contributed by atoms with Crippen LogP contribution in [0.1, 0.15) is 23.6 Å². The lowest BCUT2D eigenvalue weighted by Crippen LogP contribution is -2.26. The minimum Gasteiger partial charge on any atom is -0.382 e. The molecule has 1 aromatic rings. The van der Waals surface area contributed by atoms with E-state index in [2.05, 4.69) is 0 Å². The van der Waals surface area contributed by atoms with E-state index in [0.717, 1.165) is 4.88 Å². The fraction of sp³-hybridized carbons (Fsp3) is 0.600. The van der Waals surface area contributed by atoms with Crippen LogP contribution in [0, 0.1) is 6.92 Å². The van der Waals surface area contributed by atoms with Crippen LogP contribution >= 0.6 is 11.3 Å². The van der Waals surface area contributed by atoms with Crippen molar-refractivity contribution in [3.63, 3.8) is 0 Å². The number of ether oxygens (including phenoxy) is 1. The average molecular weight is 200 g/mol. The highest BCUT2D eigenvalue weighted by Gasteiger charge is 2.24. The molecule has 3 heteroatoms. The molecule has 0 aliphatic heterocycles. The first kappa shape index (κ1) is 10.7. The van der Waals surface area contributed by atoms with E-state index in [1.54, 1.807) is 18.3 Å². The molecule has 0 fully saturated rings. The lowest BCUT2D eigenvalue weighted by atomic mass is 10.1. The Hall–Kier alpha value is -0.380. The predicted molar refractivity (Wildman–Crippen MR) is 55.1 cm³/mol. The molecule has 1 atom stereocenters. The smallest absolute Gasteiger partial charge is 0.119 e. The molecular formula is C10H16O2S. The van der Waals surface area contributed by atoms with Crippen molar-refractivity contribution < 1.29 is 9.84 Å². The zero-order valence-electron chi connectivity index (χ0n) is 8.33. The second-order valence-electron chi connectivity index (χ2n) is 3.32. The Morgan fingerprint density at radius 2 is 2.23 bits per heavy atom. The standard InChI is InChI=1S/C10H16O2S/c1-4-12-7-10(3,11)9-6-5-8(2)13-9/h5-6,11H,4,7H2,1-3H3. The van der Waals surface area contributed by atoms with Gasteiger partial charge in [-0.15, -0.1) is 11.3 Å². The van der Waals surface area contributed by atoms with E-state index in [-0.39, 0.29) is 0 Å². The van der Waals surface area contributed by atoms with Crippen LogP contribution in [0.25, 0.3) is 0 Å². The van der Waals surface area contributed by atoms with Crippen molar-refractivity contribution in [2.45, 2.75) is 26.4 Å². The monoisotopic (exact) mass is 200 g/mol. The maximum absolute atomic E-state index is 10.0. The summed E-state index contributed by atoms with van der Waals surface area (Å²) >= 11 is 1.62. The van der Waals surface area contributed by atoms with Gasteiger partial charge in [0.25, 0.3) is 0 Å². The van der Waals surface area contributed by atoms with E-state index in [9.17, 15) is 5.11 Å². The fourth-order valence-electron chi connectivity index (χ4n) is 1.10. The summed E-state index contributed by atoms with van der Waals surface area (Å²) in [5, 5.41) is 10.0. The van der Waals surface area contributed by atoms with Crippen LogP contribution in [-0.2, 0) is 10.3 Å². The zero-order chi connectivity index (χ0) is 9.90. The molecule has 0 saturated carbocycles. The summed E-state index contributed by atoms with van der Waals surface area (Å²) in [6.07, 6.45) is 0. The van der Waals surface area contributed by atoms with Gasteiger partial charge < -0.3 is 9.84 Å². The number of hydrogen-bond donors (Lipinski definition) is 1. The number of rotatable bonds is 4. The largest absolute Gasteiger partial charge is 0.382 e. The summed E-state index contributed by atoms with van der Waals surface area (Å²) in [5.74, 6) is 0. The van der Waals surface area contributed by atoms with Crippen molar-refractivity contribution in [3.05, 3.63) is 21.9 Å². The molecule has 2 nitrogen and oxygen atoms in total. The van der Waals surface area contributed by atoms with Gasteiger partial charge in [0.05, 0.1) is 6.61 Å². The van der Waals surface area contributed by atoms with Gasteiger partial charge in [-0.2, -0.15) is 0 Å². The molecule has 1 unspecified atom stereocenters. The molecule has 0 spiro atoms. The quantitative estimate of drug-likeness (QED) is 0.808. The fourth-order valence-corrected chi connectivity index (χ4v) is 1.99. The van der Waals surface area contributed by atoms with Crippen LogP contribution in [0.15, 0.2) is 12.1 Å². The number of hydrogen-bond acceptors (Lipinski definition) is 3. The van der Waals surface area contributed by atoms with E-state index < -0.39 is 5.60 Å². The molecule has 0 saturated heterocycles. The molecular weight excluding hydrogens is 184 g/mol. The van der Waals surface area contributed by atoms with Gasteiger partial charge in [0.1, 0.15) is 5.60 Å². The Morgan fingerprint density at radius 3 is 2.69 bits per heavy atom. The highest BCUT2D eigenvalue weighted by Crippen LogP contribution is 2.27. The highest BCUT2D eigenvalue weighted by molar-refractivity contribution is 7.12. The Kier molecular flexibility index (Phi) is 3.47. The summed E-state index contributed by atoms with van der Waals surface area (Å²) in [7, 11) is 0. The average Bonchev–Trinajstić information content (AvgIpc) is 2.49. The van der Waals surface area contributed by atoms with Crippen LogP contribution in [0.3, 0.4) is 0 Å². The summed E-state index contributed by atoms with van der Waals surface area (Å²) in [6, 6.07) is 3.97. The Bertz CT molecular complexity index is 266. The van der Waals surface area contributed by atoms with Gasteiger partial charge in [-0.1, -0.05) is 0 Å². The SMILES string of the molecule is CCOCC(C)(O)c1ccc(C)s1. The Morgan fingerprint density at radius 1 is 1.54 bits per heavy atom. The summed E-state index contributed by atoms with van der Waals surface area (Å²) in [5.41, 5.74) is -0.838. The second-order valence-corrected chi connectivity index (χ2v) is 4.61. The third-order valence-corrected chi connectivity index (χ3v) is 3.11. The highest BCUT2D eigenvalue weighted by atomic mass is 32.1. The van der Waals surface area contributed by atoms with Crippen molar-refractivity contribution in [2.75, 3.05) is 13.2 Å². The second kappa shape index (κ2) is 4.22. The molecule has 1 N–H and O–H groups in total. The minimum absolute atomic E-state index is 0.365. The van der Waals surface area contributed by atoms with Gasteiger partial charge in [-0.05, 0) is 32.9 Å². The van der Waals surface area contributed by atoms with Gasteiger partial charge in [-0.25, -0.2) is 0 Å². The molecule has 74 valence electrons. The van der Waals surface area contributed by atoms with Crippen molar-refractivity contribution in [3.8, 4) is 0 Å². The predicted octanol–water partition coefficient (Wildman–Crippen LogP) is 2.30. The van der Waals surface area contributed by atoms with Gasteiger partial charge in [0, 0.05) is 16.4 Å². The summed E-state index contributed by atoms with van der Waals surface area (Å²) in [6.45, 7) is 6.75. The van der Waals surface area contributed by atoms with Gasteiger partial charge >= 0.3 is 0 Å². The maximum atomic E-state index is 10.0. The number of thiophene rings is 1. The lowest BCUT2D eigenvalue weighted by molar-refractivity contribution is -0.0318. The van der Waals surface area contributed by atoms with Crippen molar-refractivity contribution in [1.29, 1.82) is 0 Å². The Labute approximate surface area is 83.2 Å². The van der Waals surface area contributed by atoms with Crippen LogP contribution in [0.5, 0.6) is 0 Å². The lowest BCUT2D eigenvalue weighted by Gasteiger charge is -2.21. The normalized spacial score (nSPS) is 15.7. The van der Waals surface area contributed by atoms with E-state index in [1.165, 1.54) is 4.88 Å². The van der Waals surface area contributed by atoms with Crippen molar-refractivity contribution >= 4 is 11.3 Å². The van der Waals surface area contributed by atoms with Crippen LogP contribution in [0.2, 0.25) is 0 Å². The number of aryl methyl sites for hydroxylation is 1. The van der Waals surface area contributed by atoms with Gasteiger partial charge in [0.15, 0.2) is 0 Å². The summed E-state index contributed by atoms with van der Waals surface area (Å²) in [4.78, 5) is 2.19. The molecule has 13 heavy (non-hydrogen) atoms. The molecule has 0 aliphatic rings. The van der Waals surface area contributed by atoms with E-state index in [1.807, 2.05) is 26.0 Å². The number of aliphatic hydroxyl groups is 1. The molecule has 1 aromatic heterocycles.